The number of nitrogens with one attached hydrogen (secondary N) is 1. The third-order valence-corrected chi connectivity index (χ3v) is 6.64. The molecule has 0 aliphatic heterocycles. The predicted molar refractivity (Wildman–Crippen MR) is 137 cm³/mol. The highest BCUT2D eigenvalue weighted by Gasteiger charge is 2.25. The summed E-state index contributed by atoms with van der Waals surface area (Å²) >= 11 is 1.36. The molecule has 0 spiro atoms. The summed E-state index contributed by atoms with van der Waals surface area (Å²) < 4.78 is 7.50. The number of rotatable bonds is 8. The van der Waals surface area contributed by atoms with Crippen LogP contribution in [-0.4, -0.2) is 25.9 Å². The van der Waals surface area contributed by atoms with E-state index in [2.05, 4.69) is 15.5 Å². The summed E-state index contributed by atoms with van der Waals surface area (Å²) in [6.45, 7) is 1.88. The van der Waals surface area contributed by atoms with Crippen LogP contribution in [0.1, 0.15) is 24.1 Å². The third-order valence-electron chi connectivity index (χ3n) is 5.59. The monoisotopic (exact) mass is 480 g/mol. The van der Waals surface area contributed by atoms with Crippen molar-refractivity contribution in [1.82, 2.24) is 20.1 Å². The van der Waals surface area contributed by atoms with Crippen molar-refractivity contribution in [3.8, 4) is 17.3 Å². The molecule has 0 radical (unpaired) electrons. The Labute approximate surface area is 208 Å². The van der Waals surface area contributed by atoms with Crippen LogP contribution in [0.4, 0.5) is 0 Å². The highest BCUT2D eigenvalue weighted by Crippen LogP contribution is 2.31. The number of aromatic nitrogens is 3. The van der Waals surface area contributed by atoms with Gasteiger partial charge in [0.1, 0.15) is 0 Å². The number of hydrogen-bond acceptors (Lipinski definition) is 5. The van der Waals surface area contributed by atoms with Crippen LogP contribution in [-0.2, 0) is 4.79 Å². The molecule has 0 bridgehead atoms. The van der Waals surface area contributed by atoms with E-state index in [0.717, 1.165) is 16.8 Å². The molecular weight excluding hydrogens is 456 g/mol. The molecule has 1 amide bonds. The van der Waals surface area contributed by atoms with Gasteiger partial charge in [-0.25, -0.2) is 0 Å². The van der Waals surface area contributed by atoms with Crippen LogP contribution in [0, 0.1) is 0 Å². The van der Waals surface area contributed by atoms with Gasteiger partial charge in [-0.1, -0.05) is 90.6 Å². The van der Waals surface area contributed by atoms with E-state index in [1.54, 1.807) is 6.26 Å². The first-order valence-corrected chi connectivity index (χ1v) is 12.2. The van der Waals surface area contributed by atoms with Crippen LogP contribution in [0.15, 0.2) is 119 Å². The maximum atomic E-state index is 13.4. The van der Waals surface area contributed by atoms with Crippen molar-refractivity contribution in [1.29, 1.82) is 0 Å². The van der Waals surface area contributed by atoms with Gasteiger partial charge in [0.25, 0.3) is 0 Å². The average Bonchev–Trinajstić information content (AvgIpc) is 3.59. The second-order valence-corrected chi connectivity index (χ2v) is 9.29. The van der Waals surface area contributed by atoms with E-state index >= 15 is 0 Å². The van der Waals surface area contributed by atoms with Gasteiger partial charge in [0.2, 0.25) is 11.7 Å². The van der Waals surface area contributed by atoms with Gasteiger partial charge in [-0.3, -0.25) is 9.36 Å². The molecule has 35 heavy (non-hydrogen) atoms. The van der Waals surface area contributed by atoms with Crippen molar-refractivity contribution >= 4 is 17.7 Å². The molecule has 0 unspecified atom stereocenters. The average molecular weight is 481 g/mol. The Bertz CT molecular complexity index is 1330. The van der Waals surface area contributed by atoms with Gasteiger partial charge < -0.3 is 9.73 Å². The SMILES string of the molecule is C[C@H](Sc1nnc(-c2ccco2)n1-c1ccccc1)C(=O)NC(c1ccccc1)c1ccccc1. The fourth-order valence-corrected chi connectivity index (χ4v) is 4.72. The number of carbonyl (C=O) groups excluding carboxylic acids is 1. The molecule has 5 aromatic rings. The van der Waals surface area contributed by atoms with Crippen molar-refractivity contribution in [2.45, 2.75) is 23.4 Å². The number of hydrogen-bond donors (Lipinski definition) is 1. The second-order valence-electron chi connectivity index (χ2n) is 7.98. The summed E-state index contributed by atoms with van der Waals surface area (Å²) in [6.07, 6.45) is 1.61. The number of benzene rings is 3. The van der Waals surface area contributed by atoms with Crippen molar-refractivity contribution < 1.29 is 9.21 Å². The first-order valence-electron chi connectivity index (χ1n) is 11.3. The minimum absolute atomic E-state index is 0.0881. The maximum Gasteiger partial charge on any atom is 0.234 e. The molecule has 0 saturated heterocycles. The Balaban J connectivity index is 1.41. The van der Waals surface area contributed by atoms with Gasteiger partial charge in [-0.15, -0.1) is 10.2 Å². The zero-order valence-electron chi connectivity index (χ0n) is 19.1. The maximum absolute atomic E-state index is 13.4. The lowest BCUT2D eigenvalue weighted by Gasteiger charge is -2.22. The molecule has 7 heteroatoms. The molecule has 2 aromatic heterocycles. The number of amides is 1. The Morgan fingerprint density at radius 3 is 2.00 bits per heavy atom. The largest absolute Gasteiger partial charge is 0.461 e. The Kier molecular flexibility index (Phi) is 6.77. The second kappa shape index (κ2) is 10.4. The van der Waals surface area contributed by atoms with Gasteiger partial charge in [-0.05, 0) is 42.3 Å². The summed E-state index contributed by atoms with van der Waals surface area (Å²) in [6, 6.07) is 33.2. The highest BCUT2D eigenvalue weighted by atomic mass is 32.2. The van der Waals surface area contributed by atoms with Crippen molar-refractivity contribution in [3.63, 3.8) is 0 Å². The fourth-order valence-electron chi connectivity index (χ4n) is 3.84. The topological polar surface area (TPSA) is 73.0 Å². The lowest BCUT2D eigenvalue weighted by atomic mass is 9.98. The van der Waals surface area contributed by atoms with Crippen LogP contribution in [0.25, 0.3) is 17.3 Å². The van der Waals surface area contributed by atoms with E-state index in [-0.39, 0.29) is 11.9 Å². The Morgan fingerprint density at radius 1 is 0.829 bits per heavy atom. The normalized spacial score (nSPS) is 11.9. The molecule has 1 atom stereocenters. The Morgan fingerprint density at radius 2 is 1.43 bits per heavy atom. The minimum Gasteiger partial charge on any atom is -0.461 e. The van der Waals surface area contributed by atoms with Gasteiger partial charge in [0.15, 0.2) is 10.9 Å². The molecule has 0 aliphatic rings. The van der Waals surface area contributed by atoms with E-state index in [1.165, 1.54) is 11.8 Å². The summed E-state index contributed by atoms with van der Waals surface area (Å²) in [4.78, 5) is 13.4. The van der Waals surface area contributed by atoms with E-state index < -0.39 is 5.25 Å². The molecule has 3 aromatic carbocycles. The van der Waals surface area contributed by atoms with Gasteiger partial charge in [0.05, 0.1) is 17.6 Å². The summed E-state index contributed by atoms with van der Waals surface area (Å²) in [5.41, 5.74) is 2.94. The van der Waals surface area contributed by atoms with Crippen LogP contribution in [0.3, 0.4) is 0 Å². The number of para-hydroxylation sites is 1. The zero-order chi connectivity index (χ0) is 24.0. The molecule has 1 N–H and O–H groups in total. The van der Waals surface area contributed by atoms with Crippen molar-refractivity contribution in [2.75, 3.05) is 0 Å². The van der Waals surface area contributed by atoms with Gasteiger partial charge in [0, 0.05) is 5.69 Å². The quantitative estimate of drug-likeness (QED) is 0.279. The van der Waals surface area contributed by atoms with E-state index in [1.807, 2.05) is 115 Å². The molecule has 5 rings (SSSR count). The first-order chi connectivity index (χ1) is 17.2. The van der Waals surface area contributed by atoms with E-state index in [0.29, 0.717) is 16.7 Å². The van der Waals surface area contributed by atoms with E-state index in [4.69, 9.17) is 4.42 Å². The number of furan rings is 1. The summed E-state index contributed by atoms with van der Waals surface area (Å²) in [5.74, 6) is 1.11. The number of nitrogens with zero attached hydrogens (tertiary/aromatic N) is 3. The first kappa shape index (κ1) is 22.7. The number of thioether (sulfide) groups is 1. The van der Waals surface area contributed by atoms with Crippen molar-refractivity contribution in [2.24, 2.45) is 0 Å². The lowest BCUT2D eigenvalue weighted by molar-refractivity contribution is -0.120. The molecule has 0 saturated carbocycles. The molecule has 0 aliphatic carbocycles. The predicted octanol–water partition coefficient (Wildman–Crippen LogP) is 5.91. The smallest absolute Gasteiger partial charge is 0.234 e. The molecule has 2 heterocycles. The van der Waals surface area contributed by atoms with Crippen LogP contribution in [0.2, 0.25) is 0 Å². The molecule has 6 nitrogen and oxygen atoms in total. The lowest BCUT2D eigenvalue weighted by Crippen LogP contribution is -2.35. The zero-order valence-corrected chi connectivity index (χ0v) is 19.9. The van der Waals surface area contributed by atoms with Crippen LogP contribution >= 0.6 is 11.8 Å². The summed E-state index contributed by atoms with van der Waals surface area (Å²) in [7, 11) is 0. The van der Waals surface area contributed by atoms with Gasteiger partial charge >= 0.3 is 0 Å². The number of carbonyl (C=O) groups is 1. The molecular formula is C28H24N4O2S. The Hall–Kier alpha value is -4.10. The van der Waals surface area contributed by atoms with Gasteiger partial charge in [-0.2, -0.15) is 0 Å². The van der Waals surface area contributed by atoms with Crippen LogP contribution in [0.5, 0.6) is 0 Å². The third kappa shape index (κ3) is 5.05. The van der Waals surface area contributed by atoms with E-state index in [9.17, 15) is 4.79 Å². The van der Waals surface area contributed by atoms with Crippen LogP contribution < -0.4 is 5.32 Å². The summed E-state index contributed by atoms with van der Waals surface area (Å²) in [5, 5.41) is 12.2. The standard InChI is InChI=1S/C28H24N4O2S/c1-20(27(33)29-25(21-12-5-2-6-13-21)22-14-7-3-8-15-22)35-28-31-30-26(24-18-11-19-34-24)32(28)23-16-9-4-10-17-23/h2-20,25H,1H3,(H,29,33)/t20-/m0/s1. The molecule has 174 valence electrons. The minimum atomic E-state index is -0.416. The van der Waals surface area contributed by atoms with Crippen molar-refractivity contribution in [3.05, 3.63) is 121 Å². The molecule has 0 fully saturated rings. The highest BCUT2D eigenvalue weighted by molar-refractivity contribution is 8.00. The fraction of sp³-hybridized carbons (Fsp3) is 0.107.